The summed E-state index contributed by atoms with van der Waals surface area (Å²) in [5.41, 5.74) is 1.02. The average molecular weight is 347 g/mol. The van der Waals surface area contributed by atoms with Gasteiger partial charge < -0.3 is 0 Å². The van der Waals surface area contributed by atoms with Crippen molar-refractivity contribution < 1.29 is 12.8 Å². The highest BCUT2D eigenvalue weighted by atomic mass is 35.5. The first-order chi connectivity index (χ1) is 10.4. The van der Waals surface area contributed by atoms with E-state index in [9.17, 15) is 12.8 Å². The van der Waals surface area contributed by atoms with E-state index in [0.29, 0.717) is 13.1 Å². The zero-order valence-electron chi connectivity index (χ0n) is 12.5. The van der Waals surface area contributed by atoms with Gasteiger partial charge in [0.25, 0.3) is 0 Å². The lowest BCUT2D eigenvalue weighted by Gasteiger charge is -2.49. The Balaban J connectivity index is 1.76. The first-order valence-electron chi connectivity index (χ1n) is 7.52. The number of hydrogen-bond acceptors (Lipinski definition) is 3. The van der Waals surface area contributed by atoms with Crippen molar-refractivity contribution in [2.75, 3.05) is 25.9 Å². The number of rotatable bonds is 3. The molecular weight excluding hydrogens is 327 g/mol. The standard InChI is InChI=1S/C15H20ClFN2O2S/c1-22(20,21)18-9-12(10-18)19-7-3-2-4-15(19)11-5-6-14(17)13(16)8-11/h5-6,8,12,15H,2-4,7,9-10H2,1H3. The van der Waals surface area contributed by atoms with Gasteiger partial charge in [-0.2, -0.15) is 4.31 Å². The Morgan fingerprint density at radius 2 is 2.00 bits per heavy atom. The third-order valence-corrected chi connectivity index (χ3v) is 6.17. The van der Waals surface area contributed by atoms with E-state index in [-0.39, 0.29) is 17.1 Å². The third kappa shape index (κ3) is 3.15. The lowest BCUT2D eigenvalue weighted by Crippen LogP contribution is -2.61. The Bertz CT molecular complexity index is 662. The quantitative estimate of drug-likeness (QED) is 0.844. The number of sulfonamides is 1. The van der Waals surface area contributed by atoms with Crippen molar-refractivity contribution in [3.05, 3.63) is 34.6 Å². The van der Waals surface area contributed by atoms with Crippen LogP contribution in [0.25, 0.3) is 0 Å². The van der Waals surface area contributed by atoms with Crippen molar-refractivity contribution in [2.24, 2.45) is 0 Å². The third-order valence-electron chi connectivity index (χ3n) is 4.64. The zero-order valence-corrected chi connectivity index (χ0v) is 14.1. The molecule has 2 aliphatic heterocycles. The first kappa shape index (κ1) is 16.2. The molecule has 2 saturated heterocycles. The van der Waals surface area contributed by atoms with Crippen LogP contribution >= 0.6 is 11.6 Å². The molecule has 22 heavy (non-hydrogen) atoms. The second-order valence-electron chi connectivity index (χ2n) is 6.16. The van der Waals surface area contributed by atoms with Gasteiger partial charge in [0.1, 0.15) is 5.82 Å². The van der Waals surface area contributed by atoms with Crippen molar-refractivity contribution in [3.8, 4) is 0 Å². The van der Waals surface area contributed by atoms with E-state index in [1.54, 1.807) is 12.1 Å². The van der Waals surface area contributed by atoms with Crippen molar-refractivity contribution in [3.63, 3.8) is 0 Å². The van der Waals surface area contributed by atoms with E-state index in [0.717, 1.165) is 31.4 Å². The van der Waals surface area contributed by atoms with E-state index in [1.807, 2.05) is 0 Å². The Morgan fingerprint density at radius 3 is 2.64 bits per heavy atom. The maximum Gasteiger partial charge on any atom is 0.211 e. The minimum atomic E-state index is -3.10. The SMILES string of the molecule is CS(=O)(=O)N1CC(N2CCCCC2c2ccc(F)c(Cl)c2)C1. The number of benzene rings is 1. The minimum Gasteiger partial charge on any atom is -0.291 e. The molecule has 1 atom stereocenters. The fourth-order valence-corrected chi connectivity index (χ4v) is 4.44. The number of piperidine rings is 1. The van der Waals surface area contributed by atoms with Crippen LogP contribution < -0.4 is 0 Å². The highest BCUT2D eigenvalue weighted by Crippen LogP contribution is 2.36. The molecule has 0 N–H and O–H groups in total. The van der Waals surface area contributed by atoms with Crippen LogP contribution in [0.2, 0.25) is 5.02 Å². The van der Waals surface area contributed by atoms with Gasteiger partial charge in [0.2, 0.25) is 10.0 Å². The highest BCUT2D eigenvalue weighted by Gasteiger charge is 2.40. The summed E-state index contributed by atoms with van der Waals surface area (Å²) >= 11 is 5.91. The molecule has 0 amide bonds. The van der Waals surface area contributed by atoms with Gasteiger partial charge in [-0.15, -0.1) is 0 Å². The smallest absolute Gasteiger partial charge is 0.211 e. The molecule has 4 nitrogen and oxygen atoms in total. The lowest BCUT2D eigenvalue weighted by molar-refractivity contribution is 0.0286. The van der Waals surface area contributed by atoms with Crippen LogP contribution in [-0.4, -0.2) is 49.6 Å². The van der Waals surface area contributed by atoms with E-state index in [4.69, 9.17) is 11.6 Å². The van der Waals surface area contributed by atoms with Gasteiger partial charge in [0.15, 0.2) is 0 Å². The van der Waals surface area contributed by atoms with Crippen LogP contribution in [0.3, 0.4) is 0 Å². The Hall–Kier alpha value is -0.690. The summed E-state index contributed by atoms with van der Waals surface area (Å²) in [7, 11) is -3.10. The monoisotopic (exact) mass is 346 g/mol. The molecule has 0 bridgehead atoms. The van der Waals surface area contributed by atoms with E-state index in [1.165, 1.54) is 16.6 Å². The van der Waals surface area contributed by atoms with Gasteiger partial charge in [-0.05, 0) is 37.1 Å². The van der Waals surface area contributed by atoms with Crippen LogP contribution in [0.5, 0.6) is 0 Å². The van der Waals surface area contributed by atoms with Gasteiger partial charge in [0.05, 0.1) is 11.3 Å². The molecule has 2 heterocycles. The minimum absolute atomic E-state index is 0.148. The predicted molar refractivity (Wildman–Crippen MR) is 84.9 cm³/mol. The molecule has 3 rings (SSSR count). The zero-order chi connectivity index (χ0) is 15.9. The first-order valence-corrected chi connectivity index (χ1v) is 9.74. The van der Waals surface area contributed by atoms with Crippen LogP contribution in [-0.2, 0) is 10.0 Å². The molecule has 0 spiro atoms. The number of likely N-dealkylation sites (tertiary alicyclic amines) is 1. The van der Waals surface area contributed by atoms with Crippen LogP contribution in [0.1, 0.15) is 30.9 Å². The Kier molecular flexibility index (Phi) is 4.47. The largest absolute Gasteiger partial charge is 0.291 e. The summed E-state index contributed by atoms with van der Waals surface area (Å²) in [6.45, 7) is 2.04. The normalized spacial score (nSPS) is 25.1. The molecule has 1 unspecified atom stereocenters. The van der Waals surface area contributed by atoms with Gasteiger partial charge in [-0.3, -0.25) is 4.90 Å². The van der Waals surface area contributed by atoms with E-state index in [2.05, 4.69) is 4.90 Å². The van der Waals surface area contributed by atoms with Gasteiger partial charge >= 0.3 is 0 Å². The molecule has 2 fully saturated rings. The number of halogens is 2. The maximum absolute atomic E-state index is 13.4. The van der Waals surface area contributed by atoms with Crippen LogP contribution in [0.15, 0.2) is 18.2 Å². The summed E-state index contributed by atoms with van der Waals surface area (Å²) in [4.78, 5) is 2.36. The second kappa shape index (κ2) is 6.07. The van der Waals surface area contributed by atoms with Gasteiger partial charge in [0, 0.05) is 25.2 Å². The molecule has 1 aromatic carbocycles. The van der Waals surface area contributed by atoms with Crippen LogP contribution in [0, 0.1) is 5.82 Å². The predicted octanol–water partition coefficient (Wildman–Crippen LogP) is 2.65. The van der Waals surface area contributed by atoms with E-state index < -0.39 is 15.8 Å². The second-order valence-corrected chi connectivity index (χ2v) is 8.55. The van der Waals surface area contributed by atoms with Crippen molar-refractivity contribution in [2.45, 2.75) is 31.3 Å². The highest BCUT2D eigenvalue weighted by molar-refractivity contribution is 7.88. The van der Waals surface area contributed by atoms with Crippen molar-refractivity contribution in [1.29, 1.82) is 0 Å². The van der Waals surface area contributed by atoms with Crippen LogP contribution in [0.4, 0.5) is 4.39 Å². The van der Waals surface area contributed by atoms with Gasteiger partial charge in [-0.25, -0.2) is 12.8 Å². The molecule has 0 radical (unpaired) electrons. The topological polar surface area (TPSA) is 40.6 Å². The summed E-state index contributed by atoms with van der Waals surface area (Å²) < 4.78 is 37.9. The van der Waals surface area contributed by atoms with Crippen molar-refractivity contribution in [1.82, 2.24) is 9.21 Å². The van der Waals surface area contributed by atoms with Crippen molar-refractivity contribution >= 4 is 21.6 Å². The molecular formula is C15H20ClFN2O2S. The summed E-state index contributed by atoms with van der Waals surface area (Å²) in [5.74, 6) is -0.403. The summed E-state index contributed by atoms with van der Waals surface area (Å²) in [6.07, 6.45) is 4.48. The van der Waals surface area contributed by atoms with E-state index >= 15 is 0 Å². The summed E-state index contributed by atoms with van der Waals surface area (Å²) in [6, 6.07) is 5.33. The molecule has 0 aromatic heterocycles. The summed E-state index contributed by atoms with van der Waals surface area (Å²) in [5, 5.41) is 0.148. The maximum atomic E-state index is 13.4. The Morgan fingerprint density at radius 1 is 1.27 bits per heavy atom. The number of hydrogen-bond donors (Lipinski definition) is 0. The molecule has 2 aliphatic rings. The molecule has 0 saturated carbocycles. The average Bonchev–Trinajstić information content (AvgIpc) is 2.39. The molecule has 0 aliphatic carbocycles. The molecule has 1 aromatic rings. The molecule has 122 valence electrons. The fraction of sp³-hybridized carbons (Fsp3) is 0.600. The molecule has 7 heteroatoms. The lowest BCUT2D eigenvalue weighted by atomic mass is 9.92. The Labute approximate surface area is 135 Å². The fourth-order valence-electron chi connectivity index (χ4n) is 3.37. The van der Waals surface area contributed by atoms with Gasteiger partial charge in [-0.1, -0.05) is 24.1 Å². The number of nitrogens with zero attached hydrogens (tertiary/aromatic N) is 2.